The first-order valence-corrected chi connectivity index (χ1v) is 10.5. The van der Waals surface area contributed by atoms with E-state index in [1.165, 1.54) is 0 Å². The first-order valence-electron chi connectivity index (χ1n) is 9.69. The van der Waals surface area contributed by atoms with E-state index in [1.807, 2.05) is 42.5 Å². The lowest BCUT2D eigenvalue weighted by molar-refractivity contribution is -0.112. The average Bonchev–Trinajstić information content (AvgIpc) is 2.75. The summed E-state index contributed by atoms with van der Waals surface area (Å²) in [7, 11) is 0. The van der Waals surface area contributed by atoms with Gasteiger partial charge in [0.15, 0.2) is 0 Å². The Bertz CT molecular complexity index is 1170. The highest BCUT2D eigenvalue weighted by Gasteiger charge is 2.12. The topological polar surface area (TPSA) is 89.8 Å². The standard InChI is InChI=1S/C23H20BrN5O/c24-17-2-1-3-18(11-17)29-23-16(13-25)14-27-21-5-4-19(12-20(21)23)28-22(30)10-15-6-8-26-9-7-15/h1-5,10-12,14,26H,6-9H2,(H,27,29)(H,28,30). The predicted octanol–water partition coefficient (Wildman–Crippen LogP) is 4.86. The Morgan fingerprint density at radius 1 is 1.17 bits per heavy atom. The van der Waals surface area contributed by atoms with Crippen LogP contribution in [-0.4, -0.2) is 24.0 Å². The van der Waals surface area contributed by atoms with Gasteiger partial charge in [0.25, 0.3) is 0 Å². The fourth-order valence-corrected chi connectivity index (χ4v) is 3.86. The molecule has 1 amide bonds. The summed E-state index contributed by atoms with van der Waals surface area (Å²) in [5, 5.41) is 19.9. The van der Waals surface area contributed by atoms with Crippen molar-refractivity contribution in [3.8, 4) is 6.07 Å². The SMILES string of the molecule is N#Cc1cnc2ccc(NC(=O)C=C3CCNCC3)cc2c1Nc1cccc(Br)c1. The van der Waals surface area contributed by atoms with Gasteiger partial charge in [-0.05, 0) is 62.3 Å². The van der Waals surface area contributed by atoms with Gasteiger partial charge in [-0.1, -0.05) is 27.6 Å². The molecule has 150 valence electrons. The van der Waals surface area contributed by atoms with Gasteiger partial charge in [0.05, 0.1) is 16.8 Å². The molecule has 0 unspecified atom stereocenters. The van der Waals surface area contributed by atoms with E-state index in [0.717, 1.165) is 52.6 Å². The van der Waals surface area contributed by atoms with Crippen LogP contribution in [-0.2, 0) is 4.79 Å². The zero-order chi connectivity index (χ0) is 20.9. The minimum atomic E-state index is -0.142. The van der Waals surface area contributed by atoms with Crippen molar-refractivity contribution in [3.05, 3.63) is 70.3 Å². The van der Waals surface area contributed by atoms with Crippen LogP contribution in [0.1, 0.15) is 18.4 Å². The van der Waals surface area contributed by atoms with Gasteiger partial charge >= 0.3 is 0 Å². The average molecular weight is 462 g/mol. The fraction of sp³-hybridized carbons (Fsp3) is 0.174. The predicted molar refractivity (Wildman–Crippen MR) is 123 cm³/mol. The zero-order valence-electron chi connectivity index (χ0n) is 16.2. The third-order valence-corrected chi connectivity index (χ3v) is 5.42. The van der Waals surface area contributed by atoms with E-state index in [4.69, 9.17) is 0 Å². The molecule has 0 saturated carbocycles. The van der Waals surface area contributed by atoms with E-state index < -0.39 is 0 Å². The number of benzene rings is 2. The van der Waals surface area contributed by atoms with Gasteiger partial charge in [0, 0.05) is 33.5 Å². The van der Waals surface area contributed by atoms with Gasteiger partial charge in [-0.2, -0.15) is 5.26 Å². The molecule has 2 aromatic carbocycles. The second kappa shape index (κ2) is 9.08. The number of rotatable bonds is 4. The molecule has 1 aliphatic heterocycles. The summed E-state index contributed by atoms with van der Waals surface area (Å²) >= 11 is 3.47. The number of nitriles is 1. The number of hydrogen-bond donors (Lipinski definition) is 3. The van der Waals surface area contributed by atoms with E-state index in [1.54, 1.807) is 12.3 Å². The lowest BCUT2D eigenvalue weighted by Crippen LogP contribution is -2.24. The molecule has 0 spiro atoms. The number of fused-ring (bicyclic) bond motifs is 1. The number of aromatic nitrogens is 1. The molecule has 1 saturated heterocycles. The Kier molecular flexibility index (Phi) is 6.07. The molecule has 1 aliphatic rings. The lowest BCUT2D eigenvalue weighted by atomic mass is 10.1. The Hall–Kier alpha value is -3.21. The summed E-state index contributed by atoms with van der Waals surface area (Å²) < 4.78 is 0.934. The van der Waals surface area contributed by atoms with Crippen LogP contribution in [0.2, 0.25) is 0 Å². The number of nitrogens with one attached hydrogen (secondary N) is 3. The molecule has 2 heterocycles. The minimum absolute atomic E-state index is 0.142. The Labute approximate surface area is 183 Å². The smallest absolute Gasteiger partial charge is 0.248 e. The second-order valence-corrected chi connectivity index (χ2v) is 7.98. The molecule has 1 fully saturated rings. The molecule has 7 heteroatoms. The van der Waals surface area contributed by atoms with Crippen molar-refractivity contribution in [2.45, 2.75) is 12.8 Å². The van der Waals surface area contributed by atoms with E-state index in [2.05, 4.69) is 42.9 Å². The maximum atomic E-state index is 12.5. The number of piperidine rings is 1. The number of carbonyl (C=O) groups is 1. The Balaban J connectivity index is 1.66. The highest BCUT2D eigenvalue weighted by atomic mass is 79.9. The molecule has 0 bridgehead atoms. The van der Waals surface area contributed by atoms with Crippen molar-refractivity contribution in [3.63, 3.8) is 0 Å². The van der Waals surface area contributed by atoms with E-state index >= 15 is 0 Å². The first-order chi connectivity index (χ1) is 14.6. The highest BCUT2D eigenvalue weighted by Crippen LogP contribution is 2.31. The summed E-state index contributed by atoms with van der Waals surface area (Å²) in [4.78, 5) is 16.8. The van der Waals surface area contributed by atoms with Crippen LogP contribution >= 0.6 is 15.9 Å². The van der Waals surface area contributed by atoms with Crippen LogP contribution in [0.25, 0.3) is 10.9 Å². The van der Waals surface area contributed by atoms with Crippen molar-refractivity contribution in [1.82, 2.24) is 10.3 Å². The Morgan fingerprint density at radius 3 is 2.77 bits per heavy atom. The van der Waals surface area contributed by atoms with Gasteiger partial charge in [0.2, 0.25) is 5.91 Å². The van der Waals surface area contributed by atoms with Crippen LogP contribution in [0.5, 0.6) is 0 Å². The van der Waals surface area contributed by atoms with Crippen LogP contribution in [0.3, 0.4) is 0 Å². The number of anilines is 3. The van der Waals surface area contributed by atoms with Crippen molar-refractivity contribution in [2.75, 3.05) is 23.7 Å². The number of hydrogen-bond acceptors (Lipinski definition) is 5. The highest BCUT2D eigenvalue weighted by molar-refractivity contribution is 9.10. The molecule has 1 aromatic heterocycles. The largest absolute Gasteiger partial charge is 0.354 e. The van der Waals surface area contributed by atoms with E-state index in [9.17, 15) is 10.1 Å². The summed E-state index contributed by atoms with van der Waals surface area (Å²) in [6.07, 6.45) is 5.03. The molecule has 30 heavy (non-hydrogen) atoms. The second-order valence-electron chi connectivity index (χ2n) is 7.07. The maximum Gasteiger partial charge on any atom is 0.248 e. The molecule has 0 aliphatic carbocycles. The van der Waals surface area contributed by atoms with Crippen LogP contribution < -0.4 is 16.0 Å². The minimum Gasteiger partial charge on any atom is -0.354 e. The summed E-state index contributed by atoms with van der Waals surface area (Å²) in [6.45, 7) is 1.81. The van der Waals surface area contributed by atoms with Crippen LogP contribution in [0, 0.1) is 11.3 Å². The summed E-state index contributed by atoms with van der Waals surface area (Å²) in [6, 6.07) is 15.4. The van der Waals surface area contributed by atoms with Gasteiger partial charge < -0.3 is 16.0 Å². The molecule has 3 N–H and O–H groups in total. The van der Waals surface area contributed by atoms with Crippen molar-refractivity contribution >= 4 is 49.8 Å². The fourth-order valence-electron chi connectivity index (χ4n) is 3.46. The molecule has 3 aromatic rings. The van der Waals surface area contributed by atoms with Crippen LogP contribution in [0.4, 0.5) is 17.1 Å². The third kappa shape index (κ3) is 4.67. The summed E-state index contributed by atoms with van der Waals surface area (Å²) in [5.41, 5.74) is 4.49. The van der Waals surface area contributed by atoms with Gasteiger partial charge in [0.1, 0.15) is 6.07 Å². The van der Waals surface area contributed by atoms with Gasteiger partial charge in [-0.15, -0.1) is 0 Å². The lowest BCUT2D eigenvalue weighted by Gasteiger charge is -2.15. The Morgan fingerprint density at radius 2 is 2.00 bits per heavy atom. The first kappa shape index (κ1) is 20.1. The number of carbonyl (C=O) groups excluding carboxylic acids is 1. The number of amides is 1. The van der Waals surface area contributed by atoms with E-state index in [0.29, 0.717) is 16.9 Å². The molecule has 6 nitrogen and oxygen atoms in total. The van der Waals surface area contributed by atoms with Crippen LogP contribution in [0.15, 0.2) is 64.8 Å². The molecular formula is C23H20BrN5O. The maximum absolute atomic E-state index is 12.5. The number of halogens is 1. The summed E-state index contributed by atoms with van der Waals surface area (Å²) in [5.74, 6) is -0.142. The molecule has 4 rings (SSSR count). The van der Waals surface area contributed by atoms with Crippen molar-refractivity contribution in [2.24, 2.45) is 0 Å². The third-order valence-electron chi connectivity index (χ3n) is 4.93. The van der Waals surface area contributed by atoms with Crippen molar-refractivity contribution in [1.29, 1.82) is 5.26 Å². The molecule has 0 radical (unpaired) electrons. The van der Waals surface area contributed by atoms with Crippen molar-refractivity contribution < 1.29 is 4.79 Å². The molecular weight excluding hydrogens is 442 g/mol. The monoisotopic (exact) mass is 461 g/mol. The molecule has 0 atom stereocenters. The van der Waals surface area contributed by atoms with Gasteiger partial charge in [-0.3, -0.25) is 9.78 Å². The number of nitrogens with zero attached hydrogens (tertiary/aromatic N) is 2. The van der Waals surface area contributed by atoms with Gasteiger partial charge in [-0.25, -0.2) is 0 Å². The number of pyridine rings is 1. The van der Waals surface area contributed by atoms with E-state index in [-0.39, 0.29) is 5.91 Å². The zero-order valence-corrected chi connectivity index (χ0v) is 17.8. The normalized spacial score (nSPS) is 13.5. The quantitative estimate of drug-likeness (QED) is 0.482.